The van der Waals surface area contributed by atoms with Gasteiger partial charge in [0.25, 0.3) is 5.91 Å². The second-order valence-electron chi connectivity index (χ2n) is 4.20. The van der Waals surface area contributed by atoms with Crippen LogP contribution in [0, 0.1) is 6.92 Å². The summed E-state index contributed by atoms with van der Waals surface area (Å²) in [5, 5.41) is 6.28. The van der Waals surface area contributed by atoms with Gasteiger partial charge >= 0.3 is 0 Å². The summed E-state index contributed by atoms with van der Waals surface area (Å²) in [6, 6.07) is 3.92. The molecule has 17 heavy (non-hydrogen) atoms. The van der Waals surface area contributed by atoms with Crippen LogP contribution < -0.4 is 10.6 Å². The zero-order valence-corrected chi connectivity index (χ0v) is 10.7. The Morgan fingerprint density at radius 2 is 2.35 bits per heavy atom. The van der Waals surface area contributed by atoms with Crippen molar-refractivity contribution in [2.75, 3.05) is 13.1 Å². The molecule has 2 rings (SSSR count). The number of aryl methyl sites for hydroxylation is 1. The summed E-state index contributed by atoms with van der Waals surface area (Å²) in [5.41, 5.74) is 1.56. The van der Waals surface area contributed by atoms with Crippen molar-refractivity contribution in [3.63, 3.8) is 0 Å². The molecule has 94 valence electrons. The standard InChI is InChI=1S/C12H17N3O.ClH/c1-9-4-5-10(7-14-9)12(16)15-11-3-2-6-13-8-11;/h4-5,7,11,13H,2-3,6,8H2,1H3,(H,15,16);1H. The van der Waals surface area contributed by atoms with E-state index in [1.165, 1.54) is 0 Å². The largest absolute Gasteiger partial charge is 0.348 e. The Morgan fingerprint density at radius 1 is 1.53 bits per heavy atom. The number of nitrogens with one attached hydrogen (secondary N) is 2. The van der Waals surface area contributed by atoms with Crippen LogP contribution in [0.15, 0.2) is 18.3 Å². The van der Waals surface area contributed by atoms with Crippen LogP contribution in [-0.2, 0) is 0 Å². The first-order valence-electron chi connectivity index (χ1n) is 5.70. The summed E-state index contributed by atoms with van der Waals surface area (Å²) in [7, 11) is 0. The lowest BCUT2D eigenvalue weighted by molar-refractivity contribution is 0.0930. The summed E-state index contributed by atoms with van der Waals surface area (Å²) < 4.78 is 0. The van der Waals surface area contributed by atoms with Gasteiger partial charge in [-0.05, 0) is 38.4 Å². The predicted octanol–water partition coefficient (Wildman–Crippen LogP) is 1.29. The lowest BCUT2D eigenvalue weighted by atomic mass is 10.1. The number of carbonyl (C=O) groups is 1. The van der Waals surface area contributed by atoms with E-state index in [4.69, 9.17) is 0 Å². The van der Waals surface area contributed by atoms with Gasteiger partial charge in [-0.3, -0.25) is 9.78 Å². The normalized spacial score (nSPS) is 19.2. The zero-order valence-electron chi connectivity index (χ0n) is 9.90. The third-order valence-corrected chi connectivity index (χ3v) is 2.81. The van der Waals surface area contributed by atoms with Gasteiger partial charge in [0.2, 0.25) is 0 Å². The van der Waals surface area contributed by atoms with Crippen LogP contribution in [0.25, 0.3) is 0 Å². The fourth-order valence-corrected chi connectivity index (χ4v) is 1.85. The van der Waals surface area contributed by atoms with Crippen LogP contribution in [0.3, 0.4) is 0 Å². The van der Waals surface area contributed by atoms with Gasteiger partial charge in [-0.15, -0.1) is 12.4 Å². The highest BCUT2D eigenvalue weighted by molar-refractivity contribution is 5.94. The Hall–Kier alpha value is -1.13. The number of halogens is 1. The topological polar surface area (TPSA) is 54.0 Å². The van der Waals surface area contributed by atoms with E-state index in [2.05, 4.69) is 15.6 Å². The number of pyridine rings is 1. The molecule has 1 aromatic rings. The molecule has 1 atom stereocenters. The summed E-state index contributed by atoms with van der Waals surface area (Å²) in [6.07, 6.45) is 3.80. The van der Waals surface area contributed by atoms with Crippen LogP contribution in [-0.4, -0.2) is 30.0 Å². The number of piperidine rings is 1. The van der Waals surface area contributed by atoms with Gasteiger partial charge in [0.05, 0.1) is 5.56 Å². The van der Waals surface area contributed by atoms with Crippen molar-refractivity contribution in [2.45, 2.75) is 25.8 Å². The fraction of sp³-hybridized carbons (Fsp3) is 0.500. The van der Waals surface area contributed by atoms with Crippen molar-refractivity contribution in [2.24, 2.45) is 0 Å². The monoisotopic (exact) mass is 255 g/mol. The average Bonchev–Trinajstić information content (AvgIpc) is 2.31. The predicted molar refractivity (Wildman–Crippen MR) is 69.6 cm³/mol. The van der Waals surface area contributed by atoms with Gasteiger partial charge in [-0.1, -0.05) is 0 Å². The maximum absolute atomic E-state index is 11.8. The number of aromatic nitrogens is 1. The molecule has 1 amide bonds. The fourth-order valence-electron chi connectivity index (χ4n) is 1.85. The Labute approximate surface area is 108 Å². The second-order valence-corrected chi connectivity index (χ2v) is 4.20. The first-order valence-corrected chi connectivity index (χ1v) is 5.70. The Bertz CT molecular complexity index is 361. The van der Waals surface area contributed by atoms with E-state index in [0.717, 1.165) is 31.6 Å². The summed E-state index contributed by atoms with van der Waals surface area (Å²) in [5.74, 6) is -0.0267. The van der Waals surface area contributed by atoms with Gasteiger partial charge in [0, 0.05) is 24.5 Å². The van der Waals surface area contributed by atoms with Crippen molar-refractivity contribution in [3.8, 4) is 0 Å². The van der Waals surface area contributed by atoms with E-state index in [9.17, 15) is 4.79 Å². The molecule has 0 bridgehead atoms. The molecular weight excluding hydrogens is 238 g/mol. The number of carbonyl (C=O) groups excluding carboxylic acids is 1. The van der Waals surface area contributed by atoms with Crippen molar-refractivity contribution >= 4 is 18.3 Å². The first kappa shape index (κ1) is 13.9. The van der Waals surface area contributed by atoms with Gasteiger partial charge in [0.15, 0.2) is 0 Å². The zero-order chi connectivity index (χ0) is 11.4. The maximum Gasteiger partial charge on any atom is 0.253 e. The van der Waals surface area contributed by atoms with Crippen LogP contribution in [0.1, 0.15) is 28.9 Å². The first-order chi connectivity index (χ1) is 7.75. The molecule has 0 aromatic carbocycles. The Kier molecular flexibility index (Phi) is 5.38. The summed E-state index contributed by atoms with van der Waals surface area (Å²) >= 11 is 0. The molecule has 0 radical (unpaired) electrons. The average molecular weight is 256 g/mol. The van der Waals surface area contributed by atoms with E-state index in [0.29, 0.717) is 5.56 Å². The minimum atomic E-state index is -0.0267. The SMILES string of the molecule is Cc1ccc(C(=O)NC2CCCNC2)cn1.Cl. The molecule has 1 unspecified atom stereocenters. The minimum absolute atomic E-state index is 0. The van der Waals surface area contributed by atoms with Gasteiger partial charge in [-0.25, -0.2) is 0 Å². The van der Waals surface area contributed by atoms with Gasteiger partial charge in [-0.2, -0.15) is 0 Å². The molecule has 1 aromatic heterocycles. The summed E-state index contributed by atoms with van der Waals surface area (Å²) in [4.78, 5) is 16.0. The maximum atomic E-state index is 11.8. The molecule has 2 N–H and O–H groups in total. The van der Waals surface area contributed by atoms with Gasteiger partial charge in [0.1, 0.15) is 0 Å². The molecule has 4 nitrogen and oxygen atoms in total. The lowest BCUT2D eigenvalue weighted by Gasteiger charge is -2.23. The van der Waals surface area contributed by atoms with E-state index in [1.807, 2.05) is 19.1 Å². The van der Waals surface area contributed by atoms with E-state index in [1.54, 1.807) is 6.20 Å². The molecule has 1 aliphatic rings. The molecule has 5 heteroatoms. The van der Waals surface area contributed by atoms with E-state index in [-0.39, 0.29) is 24.4 Å². The molecular formula is C12H18ClN3O. The second kappa shape index (κ2) is 6.57. The Morgan fingerprint density at radius 3 is 2.94 bits per heavy atom. The smallest absolute Gasteiger partial charge is 0.253 e. The number of hydrogen-bond donors (Lipinski definition) is 2. The van der Waals surface area contributed by atoms with Crippen LogP contribution in [0.4, 0.5) is 0 Å². The number of amides is 1. The van der Waals surface area contributed by atoms with E-state index < -0.39 is 0 Å². The highest BCUT2D eigenvalue weighted by Gasteiger charge is 2.16. The highest BCUT2D eigenvalue weighted by Crippen LogP contribution is 2.04. The van der Waals surface area contributed by atoms with Crippen LogP contribution >= 0.6 is 12.4 Å². The number of rotatable bonds is 2. The molecule has 0 aliphatic carbocycles. The summed E-state index contributed by atoms with van der Waals surface area (Å²) in [6.45, 7) is 3.83. The molecule has 1 fully saturated rings. The number of hydrogen-bond acceptors (Lipinski definition) is 3. The van der Waals surface area contributed by atoms with Crippen molar-refractivity contribution in [1.82, 2.24) is 15.6 Å². The highest BCUT2D eigenvalue weighted by atomic mass is 35.5. The molecule has 2 heterocycles. The molecule has 0 saturated carbocycles. The van der Waals surface area contributed by atoms with Gasteiger partial charge < -0.3 is 10.6 Å². The third-order valence-electron chi connectivity index (χ3n) is 2.81. The van der Waals surface area contributed by atoms with Crippen molar-refractivity contribution in [3.05, 3.63) is 29.6 Å². The van der Waals surface area contributed by atoms with Crippen LogP contribution in [0.2, 0.25) is 0 Å². The van der Waals surface area contributed by atoms with Crippen LogP contribution in [0.5, 0.6) is 0 Å². The minimum Gasteiger partial charge on any atom is -0.348 e. The van der Waals surface area contributed by atoms with E-state index >= 15 is 0 Å². The van der Waals surface area contributed by atoms with Crippen molar-refractivity contribution < 1.29 is 4.79 Å². The molecule has 0 spiro atoms. The molecule has 1 aliphatic heterocycles. The quantitative estimate of drug-likeness (QED) is 0.838. The molecule has 1 saturated heterocycles. The Balaban J connectivity index is 0.00000144. The lowest BCUT2D eigenvalue weighted by Crippen LogP contribution is -2.45. The third kappa shape index (κ3) is 3.98. The van der Waals surface area contributed by atoms with Crippen molar-refractivity contribution in [1.29, 1.82) is 0 Å². The number of nitrogens with zero attached hydrogens (tertiary/aromatic N) is 1.